The van der Waals surface area contributed by atoms with Crippen LogP contribution in [0.2, 0.25) is 0 Å². The Kier molecular flexibility index (Phi) is 4.40. The van der Waals surface area contributed by atoms with Crippen molar-refractivity contribution < 1.29 is 18.3 Å². The van der Waals surface area contributed by atoms with Gasteiger partial charge in [-0.15, -0.1) is 0 Å². The molecule has 90 valence electrons. The van der Waals surface area contributed by atoms with Gasteiger partial charge in [0.1, 0.15) is 0 Å². The third kappa shape index (κ3) is 3.65. The fraction of sp³-hybridized carbons (Fsp3) is 1.00. The van der Waals surface area contributed by atoms with Gasteiger partial charge < -0.3 is 10.8 Å². The second-order valence-corrected chi connectivity index (χ2v) is 4.34. The molecule has 2 nitrogen and oxygen atoms in total. The predicted octanol–water partition coefficient (Wildman–Crippen LogP) is 2.06. The molecule has 0 radical (unpaired) electrons. The van der Waals surface area contributed by atoms with Gasteiger partial charge in [-0.1, -0.05) is 12.8 Å². The second-order valence-electron chi connectivity index (χ2n) is 4.34. The number of hydrogen-bond acceptors (Lipinski definition) is 2. The van der Waals surface area contributed by atoms with Gasteiger partial charge in [-0.3, -0.25) is 0 Å². The first-order chi connectivity index (χ1) is 6.95. The molecule has 0 bridgehead atoms. The summed E-state index contributed by atoms with van der Waals surface area (Å²) in [5.41, 5.74) is 5.39. The topological polar surface area (TPSA) is 46.2 Å². The van der Waals surface area contributed by atoms with E-state index in [0.29, 0.717) is 25.3 Å². The molecule has 1 atom stereocenters. The Hall–Kier alpha value is -0.290. The summed E-state index contributed by atoms with van der Waals surface area (Å²) in [4.78, 5) is 0. The van der Waals surface area contributed by atoms with E-state index in [9.17, 15) is 13.2 Å². The second kappa shape index (κ2) is 5.16. The number of hydrogen-bond donors (Lipinski definition) is 2. The van der Waals surface area contributed by atoms with Crippen LogP contribution in [-0.2, 0) is 0 Å². The first-order valence-corrected chi connectivity index (χ1v) is 5.40. The molecule has 0 aromatic heterocycles. The van der Waals surface area contributed by atoms with Crippen molar-refractivity contribution >= 4 is 0 Å². The van der Waals surface area contributed by atoms with Crippen molar-refractivity contribution in [2.45, 2.75) is 44.4 Å². The molecule has 0 aliphatic heterocycles. The van der Waals surface area contributed by atoms with Crippen molar-refractivity contribution in [3.63, 3.8) is 0 Å². The third-order valence-electron chi connectivity index (χ3n) is 3.25. The lowest BCUT2D eigenvalue weighted by Gasteiger charge is -2.32. The molecule has 0 amide bonds. The summed E-state index contributed by atoms with van der Waals surface area (Å²) in [6, 6.07) is 0. The lowest BCUT2D eigenvalue weighted by molar-refractivity contribution is -0.222. The van der Waals surface area contributed by atoms with Crippen LogP contribution in [0.5, 0.6) is 0 Å². The van der Waals surface area contributed by atoms with E-state index in [1.54, 1.807) is 0 Å². The van der Waals surface area contributed by atoms with Gasteiger partial charge in [-0.2, -0.15) is 13.2 Å². The molecule has 1 saturated carbocycles. The van der Waals surface area contributed by atoms with Crippen LogP contribution in [0.3, 0.4) is 0 Å². The number of aliphatic hydroxyl groups excluding tert-OH is 1. The van der Waals surface area contributed by atoms with E-state index in [1.165, 1.54) is 0 Å². The highest BCUT2D eigenvalue weighted by Crippen LogP contribution is 2.37. The Bertz CT molecular complexity index is 188. The van der Waals surface area contributed by atoms with Gasteiger partial charge >= 0.3 is 6.18 Å². The molecule has 0 aromatic carbocycles. The molecule has 1 aliphatic rings. The molecular weight excluding hydrogens is 207 g/mol. The van der Waals surface area contributed by atoms with Crippen molar-refractivity contribution in [3.05, 3.63) is 0 Å². The van der Waals surface area contributed by atoms with Gasteiger partial charge in [0.05, 0.1) is 0 Å². The van der Waals surface area contributed by atoms with Gasteiger partial charge in [0.2, 0.25) is 0 Å². The van der Waals surface area contributed by atoms with Gasteiger partial charge in [-0.05, 0) is 37.6 Å². The van der Waals surface area contributed by atoms with E-state index < -0.39 is 18.2 Å². The van der Waals surface area contributed by atoms with Crippen LogP contribution in [0, 0.1) is 11.8 Å². The lowest BCUT2D eigenvalue weighted by atomic mass is 9.78. The first-order valence-electron chi connectivity index (χ1n) is 5.40. The van der Waals surface area contributed by atoms with E-state index in [-0.39, 0.29) is 0 Å². The molecule has 1 unspecified atom stereocenters. The molecule has 3 N–H and O–H groups in total. The summed E-state index contributed by atoms with van der Waals surface area (Å²) in [7, 11) is 0. The SMILES string of the molecule is NCCC1CCC(C(O)C(F)(F)F)CC1. The van der Waals surface area contributed by atoms with Crippen molar-refractivity contribution in [2.75, 3.05) is 6.54 Å². The largest absolute Gasteiger partial charge is 0.414 e. The fourth-order valence-electron chi connectivity index (χ4n) is 2.30. The molecule has 1 aliphatic carbocycles. The maximum absolute atomic E-state index is 12.2. The van der Waals surface area contributed by atoms with E-state index >= 15 is 0 Å². The van der Waals surface area contributed by atoms with E-state index in [1.807, 2.05) is 0 Å². The third-order valence-corrected chi connectivity index (χ3v) is 3.25. The van der Waals surface area contributed by atoms with Crippen LogP contribution < -0.4 is 5.73 Å². The summed E-state index contributed by atoms with van der Waals surface area (Å²) in [5, 5.41) is 9.08. The minimum Gasteiger partial charge on any atom is -0.383 e. The Morgan fingerprint density at radius 1 is 1.20 bits per heavy atom. The highest BCUT2D eigenvalue weighted by atomic mass is 19.4. The zero-order valence-electron chi connectivity index (χ0n) is 8.63. The first kappa shape index (κ1) is 12.8. The average Bonchev–Trinajstić information content (AvgIpc) is 2.17. The smallest absolute Gasteiger partial charge is 0.383 e. The minimum atomic E-state index is -4.47. The summed E-state index contributed by atoms with van der Waals surface area (Å²) in [6.07, 6.45) is -3.28. The van der Waals surface area contributed by atoms with Crippen molar-refractivity contribution in [1.29, 1.82) is 0 Å². The lowest BCUT2D eigenvalue weighted by Crippen LogP contribution is -2.38. The molecule has 0 spiro atoms. The highest BCUT2D eigenvalue weighted by molar-refractivity contribution is 4.81. The molecular formula is C10H18F3NO. The monoisotopic (exact) mass is 225 g/mol. The summed E-state index contributed by atoms with van der Waals surface area (Å²) < 4.78 is 36.6. The summed E-state index contributed by atoms with van der Waals surface area (Å²) in [6.45, 7) is 0.594. The molecule has 15 heavy (non-hydrogen) atoms. The van der Waals surface area contributed by atoms with Gasteiger partial charge in [0.15, 0.2) is 6.10 Å². The predicted molar refractivity (Wildman–Crippen MR) is 51.2 cm³/mol. The zero-order valence-corrected chi connectivity index (χ0v) is 8.63. The maximum Gasteiger partial charge on any atom is 0.414 e. The van der Waals surface area contributed by atoms with Gasteiger partial charge in [0, 0.05) is 0 Å². The molecule has 0 heterocycles. The number of aliphatic hydroxyl groups is 1. The number of alkyl halides is 3. The molecule has 1 rings (SSSR count). The summed E-state index contributed by atoms with van der Waals surface area (Å²) >= 11 is 0. The average molecular weight is 225 g/mol. The molecule has 1 fully saturated rings. The Labute approximate surface area is 87.6 Å². The summed E-state index contributed by atoms with van der Waals surface area (Å²) in [5.74, 6) is -0.161. The highest BCUT2D eigenvalue weighted by Gasteiger charge is 2.44. The van der Waals surface area contributed by atoms with E-state index in [0.717, 1.165) is 19.3 Å². The zero-order chi connectivity index (χ0) is 11.5. The Balaban J connectivity index is 2.37. The van der Waals surface area contributed by atoms with Crippen LogP contribution in [0.1, 0.15) is 32.1 Å². The van der Waals surface area contributed by atoms with Crippen LogP contribution in [0.15, 0.2) is 0 Å². The standard InChI is InChI=1S/C10H18F3NO/c11-10(12,13)9(15)8-3-1-7(2-4-8)5-6-14/h7-9,15H,1-6,14H2. The Morgan fingerprint density at radius 2 is 1.73 bits per heavy atom. The minimum absolute atomic E-state index is 0.451. The van der Waals surface area contributed by atoms with E-state index in [4.69, 9.17) is 10.8 Å². The van der Waals surface area contributed by atoms with Crippen molar-refractivity contribution in [3.8, 4) is 0 Å². The fourth-order valence-corrected chi connectivity index (χ4v) is 2.30. The van der Waals surface area contributed by atoms with Crippen LogP contribution >= 0.6 is 0 Å². The van der Waals surface area contributed by atoms with Gasteiger partial charge in [0.25, 0.3) is 0 Å². The van der Waals surface area contributed by atoms with E-state index in [2.05, 4.69) is 0 Å². The number of halogens is 3. The normalized spacial score (nSPS) is 30.2. The Morgan fingerprint density at radius 3 is 2.13 bits per heavy atom. The molecule has 0 saturated heterocycles. The quantitative estimate of drug-likeness (QED) is 0.772. The molecule has 5 heteroatoms. The van der Waals surface area contributed by atoms with Gasteiger partial charge in [-0.25, -0.2) is 0 Å². The molecule has 0 aromatic rings. The number of nitrogens with two attached hydrogens (primary N) is 1. The number of rotatable bonds is 3. The van der Waals surface area contributed by atoms with Crippen molar-refractivity contribution in [2.24, 2.45) is 17.6 Å². The maximum atomic E-state index is 12.2. The van der Waals surface area contributed by atoms with Crippen LogP contribution in [0.25, 0.3) is 0 Å². The van der Waals surface area contributed by atoms with Crippen molar-refractivity contribution in [1.82, 2.24) is 0 Å². The van der Waals surface area contributed by atoms with Crippen LogP contribution in [-0.4, -0.2) is 23.9 Å². The van der Waals surface area contributed by atoms with Crippen LogP contribution in [0.4, 0.5) is 13.2 Å².